The second-order valence-corrected chi connectivity index (χ2v) is 10.9. The number of aliphatic hydroxyl groups is 2. The second-order valence-electron chi connectivity index (χ2n) is 10.5. The highest BCUT2D eigenvalue weighted by Crippen LogP contribution is 2.40. The first-order valence-electron chi connectivity index (χ1n) is 13.4. The molecule has 39 heavy (non-hydrogen) atoms. The first-order chi connectivity index (χ1) is 18.8. The Labute approximate surface area is 234 Å². The van der Waals surface area contributed by atoms with Crippen LogP contribution in [-0.2, 0) is 26.5 Å². The molecule has 2 fully saturated rings. The molecule has 8 heteroatoms. The Morgan fingerprint density at radius 2 is 1.74 bits per heavy atom. The molecule has 2 saturated heterocycles. The van der Waals surface area contributed by atoms with Gasteiger partial charge >= 0.3 is 0 Å². The fourth-order valence-electron chi connectivity index (χ4n) is 5.44. The molecular formula is C31H35ClN2O5. The molecule has 3 N–H and O–H groups in total. The maximum absolute atomic E-state index is 11.6. The molecule has 1 amide bonds. The van der Waals surface area contributed by atoms with Gasteiger partial charge in [0.15, 0.2) is 6.29 Å². The summed E-state index contributed by atoms with van der Waals surface area (Å²) < 4.78 is 12.9. The number of aliphatic hydroxyl groups excluding tert-OH is 1. The molecule has 3 aromatic rings. The number of carbonyl (C=O) groups is 1. The monoisotopic (exact) mass is 550 g/mol. The number of amides is 1. The summed E-state index contributed by atoms with van der Waals surface area (Å²) >= 11 is 6.04. The van der Waals surface area contributed by atoms with E-state index in [0.717, 1.165) is 35.3 Å². The highest BCUT2D eigenvalue weighted by molar-refractivity contribution is 6.30. The van der Waals surface area contributed by atoms with Crippen LogP contribution in [0.2, 0.25) is 5.02 Å². The van der Waals surface area contributed by atoms with Crippen LogP contribution >= 0.6 is 11.6 Å². The van der Waals surface area contributed by atoms with E-state index < -0.39 is 11.9 Å². The molecule has 5 rings (SSSR count). The van der Waals surface area contributed by atoms with Gasteiger partial charge in [-0.1, -0.05) is 60.1 Å². The number of nitrogens with one attached hydrogen (secondary N) is 1. The van der Waals surface area contributed by atoms with Crippen molar-refractivity contribution in [3.05, 3.63) is 100 Å². The molecule has 7 nitrogen and oxygen atoms in total. The average Bonchev–Trinajstić information content (AvgIpc) is 2.94. The summed E-state index contributed by atoms with van der Waals surface area (Å²) in [6.07, 6.45) is 1.05. The smallest absolute Gasteiger partial charge is 0.221 e. The number of anilines is 1. The average molecular weight is 551 g/mol. The Bertz CT molecular complexity index is 1260. The van der Waals surface area contributed by atoms with Crippen molar-refractivity contribution in [1.82, 2.24) is 4.90 Å². The quantitative estimate of drug-likeness (QED) is 0.369. The van der Waals surface area contributed by atoms with E-state index in [1.807, 2.05) is 72.8 Å². The Morgan fingerprint density at radius 3 is 2.41 bits per heavy atom. The summed E-state index contributed by atoms with van der Waals surface area (Å²) in [4.78, 5) is 13.9. The zero-order valence-electron chi connectivity index (χ0n) is 22.1. The largest absolute Gasteiger partial charge is 0.392 e. The first-order valence-corrected chi connectivity index (χ1v) is 13.8. The van der Waals surface area contributed by atoms with Gasteiger partial charge < -0.3 is 29.9 Å². The number of likely N-dealkylation sites (tertiary alicyclic amines) is 1. The third-order valence-corrected chi connectivity index (χ3v) is 7.87. The molecule has 2 aliphatic rings. The summed E-state index contributed by atoms with van der Waals surface area (Å²) in [6.45, 7) is 3.69. The molecule has 0 saturated carbocycles. The van der Waals surface area contributed by atoms with Gasteiger partial charge in [0, 0.05) is 49.3 Å². The van der Waals surface area contributed by atoms with E-state index in [4.69, 9.17) is 21.1 Å². The lowest BCUT2D eigenvalue weighted by Crippen LogP contribution is -2.46. The summed E-state index contributed by atoms with van der Waals surface area (Å²) in [6, 6.07) is 22.8. The van der Waals surface area contributed by atoms with Crippen molar-refractivity contribution in [2.24, 2.45) is 0 Å². The molecule has 2 aliphatic heterocycles. The Kier molecular flexibility index (Phi) is 8.67. The topological polar surface area (TPSA) is 91.3 Å². The molecule has 3 atom stereocenters. The van der Waals surface area contributed by atoms with E-state index in [2.05, 4.69) is 10.2 Å². The van der Waals surface area contributed by atoms with Crippen LogP contribution in [0.5, 0.6) is 0 Å². The van der Waals surface area contributed by atoms with Gasteiger partial charge in [-0.2, -0.15) is 0 Å². The lowest BCUT2D eigenvalue weighted by molar-refractivity contribution is -0.253. The van der Waals surface area contributed by atoms with E-state index in [1.54, 1.807) is 0 Å². The highest BCUT2D eigenvalue weighted by Gasteiger charge is 2.37. The van der Waals surface area contributed by atoms with Crippen LogP contribution in [0.1, 0.15) is 60.8 Å². The first kappa shape index (κ1) is 27.8. The number of ether oxygens (including phenoxy) is 2. The van der Waals surface area contributed by atoms with Crippen LogP contribution in [-0.4, -0.2) is 46.8 Å². The zero-order valence-corrected chi connectivity index (χ0v) is 22.8. The van der Waals surface area contributed by atoms with Crippen molar-refractivity contribution in [2.45, 2.75) is 56.9 Å². The van der Waals surface area contributed by atoms with Gasteiger partial charge in [0.1, 0.15) is 0 Å². The number of carbonyl (C=O) groups excluding carboxylic acids is 1. The lowest BCUT2D eigenvalue weighted by Gasteiger charge is -2.42. The van der Waals surface area contributed by atoms with Crippen molar-refractivity contribution in [2.75, 3.05) is 25.0 Å². The Balaban J connectivity index is 1.31. The predicted octanol–water partition coefficient (Wildman–Crippen LogP) is 5.32. The number of halogens is 1. The molecule has 0 aliphatic carbocycles. The second kappa shape index (κ2) is 12.2. The van der Waals surface area contributed by atoms with Gasteiger partial charge in [0.2, 0.25) is 5.91 Å². The van der Waals surface area contributed by atoms with Crippen molar-refractivity contribution in [1.29, 1.82) is 0 Å². The molecule has 0 bridgehead atoms. The van der Waals surface area contributed by atoms with Crippen molar-refractivity contribution in [3.8, 4) is 0 Å². The summed E-state index contributed by atoms with van der Waals surface area (Å²) in [5.41, 5.74) is 3.44. The molecule has 0 aromatic heterocycles. The molecular weight excluding hydrogens is 516 g/mol. The van der Waals surface area contributed by atoms with Crippen molar-refractivity contribution >= 4 is 23.2 Å². The zero-order chi connectivity index (χ0) is 27.4. The van der Waals surface area contributed by atoms with Crippen LogP contribution in [0.3, 0.4) is 0 Å². The van der Waals surface area contributed by atoms with Crippen molar-refractivity contribution in [3.63, 3.8) is 0 Å². The van der Waals surface area contributed by atoms with E-state index in [-0.39, 0.29) is 24.7 Å². The maximum Gasteiger partial charge on any atom is 0.221 e. The Morgan fingerprint density at radius 1 is 1.03 bits per heavy atom. The third-order valence-electron chi connectivity index (χ3n) is 7.62. The molecule has 206 valence electrons. The van der Waals surface area contributed by atoms with Crippen LogP contribution in [0.4, 0.5) is 5.69 Å². The number of benzene rings is 3. The minimum absolute atomic E-state index is 0.00651. The van der Waals surface area contributed by atoms with Crippen LogP contribution in [0.25, 0.3) is 0 Å². The van der Waals surface area contributed by atoms with E-state index in [1.165, 1.54) is 6.92 Å². The number of rotatable bonds is 7. The summed E-state index contributed by atoms with van der Waals surface area (Å²) in [5.74, 6) is -0.138. The van der Waals surface area contributed by atoms with Gasteiger partial charge in [-0.05, 0) is 53.8 Å². The van der Waals surface area contributed by atoms with Crippen LogP contribution in [0, 0.1) is 0 Å². The molecule has 0 radical (unpaired) electrons. The lowest BCUT2D eigenvalue weighted by atomic mass is 9.84. The van der Waals surface area contributed by atoms with E-state index in [0.29, 0.717) is 36.5 Å². The van der Waals surface area contributed by atoms with Gasteiger partial charge in [-0.25, -0.2) is 0 Å². The molecule has 3 aromatic carbocycles. The molecule has 0 spiro atoms. The normalized spacial score (nSPS) is 23.3. The molecule has 0 unspecified atom stereocenters. The third kappa shape index (κ3) is 6.87. The van der Waals surface area contributed by atoms with Gasteiger partial charge in [-0.15, -0.1) is 0 Å². The standard InChI is InChI=1S/C31H35ClN2O5/c1-21(36)33-27-4-2-3-24(17-27)30-38-28(18-29(39-30)23-7-5-22(20-35)6-8-23)19-34-15-13-31(37,14-16-34)25-9-11-26(32)12-10-25/h2-12,17,28-30,35,37H,13-16,18-20H2,1H3,(H,33,36)/t28-,29+,30+/m1/s1. The van der Waals surface area contributed by atoms with Crippen LogP contribution in [0.15, 0.2) is 72.8 Å². The number of nitrogens with zero attached hydrogens (tertiary/aromatic N) is 1. The van der Waals surface area contributed by atoms with E-state index >= 15 is 0 Å². The minimum atomic E-state index is -0.860. The number of piperidine rings is 1. The van der Waals surface area contributed by atoms with Crippen LogP contribution < -0.4 is 5.32 Å². The summed E-state index contributed by atoms with van der Waals surface area (Å²) in [7, 11) is 0. The fraction of sp³-hybridized carbons (Fsp3) is 0.387. The number of hydrogen-bond acceptors (Lipinski definition) is 6. The summed E-state index contributed by atoms with van der Waals surface area (Å²) in [5, 5.41) is 24.2. The predicted molar refractivity (Wildman–Crippen MR) is 150 cm³/mol. The Hall–Kier alpha value is -2.78. The van der Waals surface area contributed by atoms with Gasteiger partial charge in [0.25, 0.3) is 0 Å². The minimum Gasteiger partial charge on any atom is -0.392 e. The SMILES string of the molecule is CC(=O)Nc1cccc([C@H]2O[C@@H](CN3CCC(O)(c4ccc(Cl)cc4)CC3)C[C@@H](c3ccc(CO)cc3)O2)c1. The highest BCUT2D eigenvalue weighted by atomic mass is 35.5. The van der Waals surface area contributed by atoms with E-state index in [9.17, 15) is 15.0 Å². The van der Waals surface area contributed by atoms with Gasteiger partial charge in [-0.3, -0.25) is 4.79 Å². The van der Waals surface area contributed by atoms with Crippen molar-refractivity contribution < 1.29 is 24.5 Å². The van der Waals surface area contributed by atoms with Gasteiger partial charge in [0.05, 0.1) is 24.4 Å². The number of hydrogen-bond donors (Lipinski definition) is 3. The fourth-order valence-corrected chi connectivity index (χ4v) is 5.57. The molecule has 2 heterocycles. The maximum atomic E-state index is 11.6.